The number of rotatable bonds is 2. The number of fused-ring (bicyclic) bond motifs is 1. The molecule has 1 saturated carbocycles. The summed E-state index contributed by atoms with van der Waals surface area (Å²) < 4.78 is 5.63. The van der Waals surface area contributed by atoms with E-state index in [1.165, 1.54) is 64.2 Å². The highest BCUT2D eigenvalue weighted by Crippen LogP contribution is 2.24. The third kappa shape index (κ3) is 5.45. The lowest BCUT2D eigenvalue weighted by Gasteiger charge is -2.14. The van der Waals surface area contributed by atoms with Crippen molar-refractivity contribution in [2.45, 2.75) is 89.3 Å². The molecule has 0 bridgehead atoms. The van der Waals surface area contributed by atoms with Crippen molar-refractivity contribution in [3.05, 3.63) is 11.5 Å². The molecule has 1 fully saturated rings. The molecule has 1 radical (unpaired) electrons. The number of carbonyl (C=O) groups is 2. The van der Waals surface area contributed by atoms with Gasteiger partial charge in [-0.2, -0.15) is 0 Å². The quantitative estimate of drug-likeness (QED) is 0.661. The van der Waals surface area contributed by atoms with E-state index in [0.29, 0.717) is 17.3 Å². The molecule has 1 aromatic heterocycles. The second-order valence-corrected chi connectivity index (χ2v) is 7.42. The average Bonchev–Trinajstić information content (AvgIpc) is 2.98. The smallest absolute Gasteiger partial charge is 0.295 e. The molecule has 2 heterocycles. The van der Waals surface area contributed by atoms with Gasteiger partial charge < -0.3 is 4.42 Å². The maximum Gasteiger partial charge on any atom is 0.295 e. The minimum atomic E-state index is -0.464. The predicted octanol–water partition coefficient (Wildman–Crippen LogP) is 3.30. The first-order valence-electron chi connectivity index (χ1n) is 9.91. The number of carbonyl (C=O) groups excluding carboxylic acids is 2. The van der Waals surface area contributed by atoms with Gasteiger partial charge in [0.25, 0.3) is 5.91 Å². The minimum Gasteiger partial charge on any atom is -0.446 e. The average molecular weight is 343 g/mol. The van der Waals surface area contributed by atoms with E-state index in [4.69, 9.17) is 4.42 Å². The Balaban J connectivity index is 1.59. The van der Waals surface area contributed by atoms with E-state index < -0.39 is 5.91 Å². The Kier molecular flexibility index (Phi) is 6.71. The maximum absolute atomic E-state index is 11.8. The fourth-order valence-electron chi connectivity index (χ4n) is 3.86. The van der Waals surface area contributed by atoms with Crippen LogP contribution in [0.15, 0.2) is 4.42 Å². The lowest BCUT2D eigenvalue weighted by Crippen LogP contribution is -2.36. The zero-order valence-electron chi connectivity index (χ0n) is 15.0. The topological polar surface area (TPSA) is 72.2 Å². The summed E-state index contributed by atoms with van der Waals surface area (Å²) >= 11 is 0. The van der Waals surface area contributed by atoms with E-state index in [1.807, 2.05) is 0 Å². The first-order valence-corrected chi connectivity index (χ1v) is 9.91. The molecule has 1 aliphatic carbocycles. The van der Waals surface area contributed by atoms with Gasteiger partial charge in [0.05, 0.1) is 6.42 Å². The van der Waals surface area contributed by atoms with Gasteiger partial charge in [-0.1, -0.05) is 82.9 Å². The minimum absolute atomic E-state index is 0.128. The lowest BCUT2D eigenvalue weighted by atomic mass is 9.60. The zero-order valence-corrected chi connectivity index (χ0v) is 15.0. The fourth-order valence-corrected chi connectivity index (χ4v) is 3.86. The van der Waals surface area contributed by atoms with Gasteiger partial charge in [-0.15, -0.1) is 0 Å². The summed E-state index contributed by atoms with van der Waals surface area (Å²) in [7, 11) is 2.08. The van der Waals surface area contributed by atoms with Gasteiger partial charge in [0, 0.05) is 0 Å². The van der Waals surface area contributed by atoms with E-state index in [-0.39, 0.29) is 18.1 Å². The van der Waals surface area contributed by atoms with Crippen LogP contribution in [0.3, 0.4) is 0 Å². The highest BCUT2D eigenvalue weighted by Gasteiger charge is 2.29. The van der Waals surface area contributed by atoms with Crippen LogP contribution in [-0.2, 0) is 11.2 Å². The van der Waals surface area contributed by atoms with E-state index in [9.17, 15) is 9.59 Å². The van der Waals surface area contributed by atoms with E-state index in [2.05, 4.69) is 17.6 Å². The molecule has 0 atom stereocenters. The van der Waals surface area contributed by atoms with Crippen molar-refractivity contribution in [2.75, 3.05) is 0 Å². The number of nitrogens with zero attached hydrogens (tertiary/aromatic N) is 1. The van der Waals surface area contributed by atoms with Gasteiger partial charge in [0.1, 0.15) is 11.5 Å². The molecule has 3 rings (SSSR count). The van der Waals surface area contributed by atoms with Crippen molar-refractivity contribution >= 4 is 24.9 Å². The molecule has 6 heteroatoms. The van der Waals surface area contributed by atoms with Crippen LogP contribution < -0.4 is 11.1 Å². The van der Waals surface area contributed by atoms with Gasteiger partial charge in [-0.05, 0) is 0 Å². The Morgan fingerprint density at radius 3 is 2.04 bits per heavy atom. The van der Waals surface area contributed by atoms with Crippen molar-refractivity contribution in [2.24, 2.45) is 0 Å². The van der Waals surface area contributed by atoms with Gasteiger partial charge in [0.2, 0.25) is 18.9 Å². The molecular formula is C19H28BN2O3. The molecule has 0 aromatic carbocycles. The van der Waals surface area contributed by atoms with Crippen LogP contribution in [0, 0.1) is 0 Å². The number of nitrogens with one attached hydrogen (secondary N) is 1. The van der Waals surface area contributed by atoms with Crippen molar-refractivity contribution in [1.29, 1.82) is 0 Å². The number of imide groups is 1. The molecule has 5 nitrogen and oxygen atoms in total. The van der Waals surface area contributed by atoms with Crippen molar-refractivity contribution < 1.29 is 14.0 Å². The SMILES string of the molecule is O=C1Cc2nc([B]C3CCCCCCCCCCCC3)oc2C(=O)N1. The van der Waals surface area contributed by atoms with Crippen LogP contribution in [0.25, 0.3) is 0 Å². The molecule has 0 saturated heterocycles. The van der Waals surface area contributed by atoms with E-state index in [0.717, 1.165) is 12.8 Å². The van der Waals surface area contributed by atoms with Crippen molar-refractivity contribution in [1.82, 2.24) is 10.3 Å². The number of hydrogen-bond donors (Lipinski definition) is 1. The summed E-state index contributed by atoms with van der Waals surface area (Å²) in [6.07, 6.45) is 15.7. The Morgan fingerprint density at radius 1 is 0.880 bits per heavy atom. The largest absolute Gasteiger partial charge is 0.446 e. The van der Waals surface area contributed by atoms with E-state index >= 15 is 0 Å². The summed E-state index contributed by atoms with van der Waals surface area (Å²) in [5.74, 6) is 0.382. The van der Waals surface area contributed by atoms with Gasteiger partial charge >= 0.3 is 0 Å². The van der Waals surface area contributed by atoms with Crippen LogP contribution in [0.4, 0.5) is 0 Å². The highest BCUT2D eigenvalue weighted by atomic mass is 16.4. The first kappa shape index (κ1) is 18.2. The Labute approximate surface area is 150 Å². The predicted molar refractivity (Wildman–Crippen MR) is 97.2 cm³/mol. The summed E-state index contributed by atoms with van der Waals surface area (Å²) in [4.78, 5) is 27.7. The summed E-state index contributed by atoms with van der Waals surface area (Å²) in [5.41, 5.74) is 0.477. The number of aromatic nitrogens is 1. The van der Waals surface area contributed by atoms with Crippen LogP contribution in [0.1, 0.15) is 93.3 Å². The molecule has 1 aromatic rings. The Morgan fingerprint density at radius 2 is 1.44 bits per heavy atom. The summed E-state index contributed by atoms with van der Waals surface area (Å²) in [6.45, 7) is 0. The second-order valence-electron chi connectivity index (χ2n) is 7.42. The van der Waals surface area contributed by atoms with Gasteiger partial charge in [-0.25, -0.2) is 4.98 Å². The number of oxazole rings is 1. The molecule has 2 amide bonds. The zero-order chi connectivity index (χ0) is 17.5. The molecule has 0 unspecified atom stereocenters. The molecule has 0 spiro atoms. The maximum atomic E-state index is 11.8. The third-order valence-corrected chi connectivity index (χ3v) is 5.28. The molecule has 135 valence electrons. The normalized spacial score (nSPS) is 21.4. The monoisotopic (exact) mass is 343 g/mol. The summed E-state index contributed by atoms with van der Waals surface area (Å²) in [6, 6.07) is 0. The third-order valence-electron chi connectivity index (χ3n) is 5.28. The standard InChI is InChI=1S/C19H28BN2O3/c23-16-13-15-17(18(24)22-16)25-19(21-15)20-14-11-9-7-5-3-1-2-4-6-8-10-12-14/h14H,1-13H2,(H,22,23,24). The van der Waals surface area contributed by atoms with Gasteiger partial charge in [0.15, 0.2) is 0 Å². The summed E-state index contributed by atoms with van der Waals surface area (Å²) in [5, 5.41) is 2.28. The molecular weight excluding hydrogens is 315 g/mol. The first-order chi connectivity index (χ1) is 12.2. The number of hydrogen-bond acceptors (Lipinski definition) is 4. The fraction of sp³-hybridized carbons (Fsp3) is 0.737. The van der Waals surface area contributed by atoms with Crippen LogP contribution in [0.5, 0.6) is 0 Å². The van der Waals surface area contributed by atoms with Gasteiger partial charge in [-0.3, -0.25) is 14.9 Å². The molecule has 2 aliphatic rings. The van der Waals surface area contributed by atoms with Crippen LogP contribution in [-0.4, -0.2) is 24.1 Å². The Hall–Kier alpha value is -1.59. The molecule has 1 aliphatic heterocycles. The molecule has 1 N–H and O–H groups in total. The molecule has 25 heavy (non-hydrogen) atoms. The van der Waals surface area contributed by atoms with Crippen molar-refractivity contribution in [3.63, 3.8) is 0 Å². The second kappa shape index (κ2) is 9.21. The highest BCUT2D eigenvalue weighted by molar-refractivity contribution is 6.52. The number of amides is 2. The van der Waals surface area contributed by atoms with E-state index in [1.54, 1.807) is 0 Å². The van der Waals surface area contributed by atoms with Crippen LogP contribution >= 0.6 is 0 Å². The van der Waals surface area contributed by atoms with Crippen LogP contribution in [0.2, 0.25) is 5.82 Å². The lowest BCUT2D eigenvalue weighted by molar-refractivity contribution is -0.119. The van der Waals surface area contributed by atoms with Crippen molar-refractivity contribution in [3.8, 4) is 0 Å². The Bertz CT molecular complexity index is 585.